The summed E-state index contributed by atoms with van der Waals surface area (Å²) in [4.78, 5) is 9.15. The van der Waals surface area contributed by atoms with Crippen LogP contribution in [0.1, 0.15) is 33.6 Å². The van der Waals surface area contributed by atoms with Crippen molar-refractivity contribution in [2.75, 3.05) is 6.61 Å². The zero-order valence-corrected chi connectivity index (χ0v) is 8.30. The van der Waals surface area contributed by atoms with Gasteiger partial charge >= 0.3 is 7.60 Å². The number of rotatable bonds is 5. The first-order valence-electron chi connectivity index (χ1n) is 3.97. The molecule has 0 amide bonds. The van der Waals surface area contributed by atoms with E-state index >= 15 is 0 Å². The third kappa shape index (κ3) is 6.23. The molecule has 1 atom stereocenters. The minimum atomic E-state index is -3.29. The molecule has 5 heteroatoms. The highest BCUT2D eigenvalue weighted by Gasteiger charge is 2.23. The molecule has 0 aliphatic rings. The first-order chi connectivity index (χ1) is 5.00. The predicted octanol–water partition coefficient (Wildman–Crippen LogP) is 1.21. The second-order valence-electron chi connectivity index (χ2n) is 2.84. The van der Waals surface area contributed by atoms with Gasteiger partial charge < -0.3 is 9.42 Å². The van der Waals surface area contributed by atoms with Crippen molar-refractivity contribution in [3.05, 3.63) is 0 Å². The van der Waals surface area contributed by atoms with Crippen molar-refractivity contribution in [2.45, 2.75) is 39.3 Å². The van der Waals surface area contributed by atoms with Crippen molar-refractivity contribution in [1.29, 1.82) is 0 Å². The van der Waals surface area contributed by atoms with Crippen molar-refractivity contribution in [2.24, 2.45) is 0 Å². The fourth-order valence-corrected chi connectivity index (χ4v) is 1.18. The molecule has 0 heterocycles. The molecule has 0 aromatic heterocycles. The van der Waals surface area contributed by atoms with E-state index in [1.807, 2.05) is 6.92 Å². The molecule has 0 aliphatic heterocycles. The maximum Gasteiger partial charge on any atom is 0.330 e. The fraction of sp³-hybridized carbons (Fsp3) is 1.00. The quantitative estimate of drug-likeness (QED) is 0.421. The van der Waals surface area contributed by atoms with Gasteiger partial charge in [-0.2, -0.15) is 0 Å². The highest BCUT2D eigenvalue weighted by atomic mass is 31.2. The van der Waals surface area contributed by atoms with E-state index in [4.69, 9.17) is 9.42 Å². The Hall–Kier alpha value is 0.682. The minimum absolute atomic E-state index is 0. The van der Waals surface area contributed by atoms with Crippen LogP contribution >= 0.6 is 7.60 Å². The van der Waals surface area contributed by atoms with Gasteiger partial charge in [0.05, 0.1) is 12.3 Å². The molecule has 0 bridgehead atoms. The molecule has 0 fully saturated rings. The Morgan fingerprint density at radius 3 is 2.33 bits per heavy atom. The van der Waals surface area contributed by atoms with Gasteiger partial charge in [-0.25, -0.2) is 0 Å². The van der Waals surface area contributed by atoms with E-state index in [0.717, 1.165) is 12.8 Å². The van der Waals surface area contributed by atoms with E-state index in [9.17, 15) is 4.57 Å². The maximum absolute atomic E-state index is 11.1. The van der Waals surface area contributed by atoms with Crippen LogP contribution in [0.25, 0.3) is 0 Å². The van der Waals surface area contributed by atoms with Crippen molar-refractivity contribution >= 4 is 25.0 Å². The highest BCUT2D eigenvalue weighted by Crippen LogP contribution is 2.46. The van der Waals surface area contributed by atoms with Gasteiger partial charge in [0.1, 0.15) is 0 Å². The van der Waals surface area contributed by atoms with Crippen LogP contribution < -0.4 is 0 Å². The summed E-state index contributed by atoms with van der Waals surface area (Å²) in [7, 11) is -3.29. The van der Waals surface area contributed by atoms with Crippen LogP contribution in [0.5, 0.6) is 0 Å². The Labute approximate surface area is 85.2 Å². The first kappa shape index (κ1) is 15.2. The van der Waals surface area contributed by atoms with Crippen LogP contribution in [-0.4, -0.2) is 34.5 Å². The molecular formula is C7H20AlO3P. The van der Waals surface area contributed by atoms with Crippen LogP contribution in [0.15, 0.2) is 0 Å². The molecule has 0 aliphatic carbocycles. The summed E-state index contributed by atoms with van der Waals surface area (Å²) in [5.41, 5.74) is -0.292. The van der Waals surface area contributed by atoms with Crippen LogP contribution in [0.2, 0.25) is 0 Å². The zero-order valence-electron chi connectivity index (χ0n) is 7.41. The standard InChI is InChI=1S/C7H17O3P.Al.3H/c1-4-5-6-10-11(8,9)7(2)3;;;;/h7H,4-6H2,1-3H3,(H,8,9);;;;. The van der Waals surface area contributed by atoms with Gasteiger partial charge in [0.2, 0.25) is 0 Å². The molecule has 0 spiro atoms. The zero-order chi connectivity index (χ0) is 8.91. The molecule has 0 aromatic carbocycles. The predicted molar refractivity (Wildman–Crippen MR) is 55.8 cm³/mol. The fourth-order valence-electron chi connectivity index (χ4n) is 0.489. The molecule has 0 rings (SSSR count). The number of hydrogen-bond donors (Lipinski definition) is 1. The summed E-state index contributed by atoms with van der Waals surface area (Å²) >= 11 is 0. The number of unbranched alkanes of at least 4 members (excludes halogenated alkanes) is 1. The first-order valence-corrected chi connectivity index (χ1v) is 5.62. The van der Waals surface area contributed by atoms with E-state index in [0.29, 0.717) is 6.61 Å². The lowest BCUT2D eigenvalue weighted by Gasteiger charge is -2.14. The topological polar surface area (TPSA) is 46.5 Å². The van der Waals surface area contributed by atoms with E-state index in [1.165, 1.54) is 0 Å². The Kier molecular flexibility index (Phi) is 9.00. The van der Waals surface area contributed by atoms with Crippen molar-refractivity contribution < 1.29 is 14.0 Å². The van der Waals surface area contributed by atoms with Gasteiger partial charge in [-0.15, -0.1) is 0 Å². The summed E-state index contributed by atoms with van der Waals surface area (Å²) in [5, 5.41) is 0. The molecule has 3 nitrogen and oxygen atoms in total. The van der Waals surface area contributed by atoms with Crippen LogP contribution in [0.3, 0.4) is 0 Å². The minimum Gasteiger partial charge on any atom is -0.324 e. The average Bonchev–Trinajstić information content (AvgIpc) is 1.88. The largest absolute Gasteiger partial charge is 0.330 e. The van der Waals surface area contributed by atoms with Crippen LogP contribution in [0, 0.1) is 0 Å². The van der Waals surface area contributed by atoms with Gasteiger partial charge in [-0.3, -0.25) is 4.57 Å². The van der Waals surface area contributed by atoms with Crippen LogP contribution in [-0.2, 0) is 9.09 Å². The average molecular weight is 210 g/mol. The van der Waals surface area contributed by atoms with Crippen molar-refractivity contribution in [3.8, 4) is 0 Å². The molecule has 0 saturated carbocycles. The molecule has 74 valence electrons. The Balaban J connectivity index is 0. The van der Waals surface area contributed by atoms with Gasteiger partial charge in [-0.05, 0) is 6.42 Å². The maximum atomic E-state index is 11.1. The third-order valence-electron chi connectivity index (χ3n) is 1.43. The summed E-state index contributed by atoms with van der Waals surface area (Å²) in [6.45, 7) is 5.78. The monoisotopic (exact) mass is 210 g/mol. The molecule has 0 radical (unpaired) electrons. The lowest BCUT2D eigenvalue weighted by Crippen LogP contribution is -2.02. The molecule has 0 aromatic rings. The molecule has 12 heavy (non-hydrogen) atoms. The van der Waals surface area contributed by atoms with E-state index in [2.05, 4.69) is 0 Å². The van der Waals surface area contributed by atoms with Crippen LogP contribution in [0.4, 0.5) is 0 Å². The summed E-state index contributed by atoms with van der Waals surface area (Å²) in [5.74, 6) is 0. The van der Waals surface area contributed by atoms with Crippen molar-refractivity contribution in [3.63, 3.8) is 0 Å². The van der Waals surface area contributed by atoms with E-state index in [1.54, 1.807) is 13.8 Å². The molecular weight excluding hydrogens is 190 g/mol. The van der Waals surface area contributed by atoms with Gasteiger partial charge in [0.25, 0.3) is 0 Å². The lowest BCUT2D eigenvalue weighted by atomic mass is 10.4. The summed E-state index contributed by atoms with van der Waals surface area (Å²) in [6, 6.07) is 0. The molecule has 1 unspecified atom stereocenters. The smallest absolute Gasteiger partial charge is 0.324 e. The van der Waals surface area contributed by atoms with Crippen molar-refractivity contribution in [1.82, 2.24) is 0 Å². The van der Waals surface area contributed by atoms with Gasteiger partial charge in [-0.1, -0.05) is 27.2 Å². The molecule has 1 N–H and O–H groups in total. The Morgan fingerprint density at radius 2 is 2.00 bits per heavy atom. The Bertz CT molecular complexity index is 150. The highest BCUT2D eigenvalue weighted by molar-refractivity contribution is 7.53. The normalized spacial score (nSPS) is 15.4. The van der Waals surface area contributed by atoms with Gasteiger partial charge in [0, 0.05) is 0 Å². The van der Waals surface area contributed by atoms with E-state index in [-0.39, 0.29) is 23.0 Å². The van der Waals surface area contributed by atoms with Gasteiger partial charge in [0.15, 0.2) is 17.4 Å². The number of hydrogen-bond acceptors (Lipinski definition) is 2. The summed E-state index contributed by atoms with van der Waals surface area (Å²) in [6.07, 6.45) is 1.83. The second kappa shape index (κ2) is 7.12. The third-order valence-corrected chi connectivity index (χ3v) is 3.28. The SMILES string of the molecule is CCCCOP(=O)(O)C(C)C.[AlH3]. The Morgan fingerprint density at radius 1 is 1.50 bits per heavy atom. The van der Waals surface area contributed by atoms with E-state index < -0.39 is 7.60 Å². The summed E-state index contributed by atoms with van der Waals surface area (Å²) < 4.78 is 16.0. The second-order valence-corrected chi connectivity index (χ2v) is 5.26. The lowest BCUT2D eigenvalue weighted by molar-refractivity contribution is 0.249. The molecule has 0 saturated heterocycles.